The van der Waals surface area contributed by atoms with E-state index in [9.17, 15) is 4.79 Å². The van der Waals surface area contributed by atoms with Gasteiger partial charge in [-0.2, -0.15) is 5.10 Å². The molecule has 2 rings (SSSR count). The second-order valence-corrected chi connectivity index (χ2v) is 4.98. The first kappa shape index (κ1) is 17.3. The number of carbonyl (C=O) groups excluding carboxylic acids is 1. The summed E-state index contributed by atoms with van der Waals surface area (Å²) in [7, 11) is 1.58. The number of hydrazone groups is 1. The van der Waals surface area contributed by atoms with Crippen molar-refractivity contribution in [3.8, 4) is 11.5 Å². The number of hydrogen-bond donors (Lipinski definition) is 2. The number of aryl methyl sites for hydroxylation is 1. The number of anilines is 1. The maximum atomic E-state index is 11.8. The van der Waals surface area contributed by atoms with E-state index in [1.54, 1.807) is 19.2 Å². The van der Waals surface area contributed by atoms with Crippen molar-refractivity contribution in [2.45, 2.75) is 13.8 Å². The second-order valence-electron chi connectivity index (χ2n) is 4.98. The average molecular weight is 327 g/mol. The van der Waals surface area contributed by atoms with Crippen LogP contribution in [0.15, 0.2) is 47.6 Å². The minimum atomic E-state index is -0.404. The molecule has 6 heteroatoms. The Kier molecular flexibility index (Phi) is 6.19. The van der Waals surface area contributed by atoms with Gasteiger partial charge in [0.25, 0.3) is 0 Å². The molecule has 0 aliphatic carbocycles. The molecule has 0 atom stereocenters. The van der Waals surface area contributed by atoms with Gasteiger partial charge in [-0.25, -0.2) is 10.2 Å². The van der Waals surface area contributed by atoms with E-state index < -0.39 is 6.03 Å². The van der Waals surface area contributed by atoms with Gasteiger partial charge in [0.15, 0.2) is 11.5 Å². The summed E-state index contributed by atoms with van der Waals surface area (Å²) in [6.45, 7) is 4.39. The molecule has 0 radical (unpaired) electrons. The molecule has 24 heavy (non-hydrogen) atoms. The highest BCUT2D eigenvalue weighted by Crippen LogP contribution is 2.27. The third-order valence-electron chi connectivity index (χ3n) is 3.26. The van der Waals surface area contributed by atoms with E-state index >= 15 is 0 Å². The van der Waals surface area contributed by atoms with Gasteiger partial charge < -0.3 is 14.8 Å². The van der Waals surface area contributed by atoms with E-state index in [-0.39, 0.29) is 0 Å². The molecule has 6 nitrogen and oxygen atoms in total. The van der Waals surface area contributed by atoms with E-state index in [2.05, 4.69) is 15.8 Å². The molecule has 0 saturated carbocycles. The molecule has 0 aromatic heterocycles. The van der Waals surface area contributed by atoms with Gasteiger partial charge in [-0.05, 0) is 49.2 Å². The number of para-hydroxylation sites is 1. The smallest absolute Gasteiger partial charge is 0.339 e. The Morgan fingerprint density at radius 2 is 2.00 bits per heavy atom. The van der Waals surface area contributed by atoms with Crippen LogP contribution in [0.1, 0.15) is 18.1 Å². The van der Waals surface area contributed by atoms with Gasteiger partial charge in [-0.3, -0.25) is 0 Å². The van der Waals surface area contributed by atoms with Crippen molar-refractivity contribution in [3.05, 3.63) is 53.6 Å². The third-order valence-corrected chi connectivity index (χ3v) is 3.26. The number of nitrogens with one attached hydrogen (secondary N) is 2. The molecule has 0 aliphatic rings. The highest BCUT2D eigenvalue weighted by atomic mass is 16.5. The summed E-state index contributed by atoms with van der Waals surface area (Å²) in [6.07, 6.45) is 1.54. The monoisotopic (exact) mass is 327 g/mol. The molecule has 0 spiro atoms. The number of methoxy groups -OCH3 is 1. The van der Waals surface area contributed by atoms with Crippen molar-refractivity contribution >= 4 is 17.9 Å². The number of benzene rings is 2. The van der Waals surface area contributed by atoms with Gasteiger partial charge in [0.05, 0.1) is 19.9 Å². The Morgan fingerprint density at radius 3 is 2.71 bits per heavy atom. The Morgan fingerprint density at radius 1 is 1.21 bits per heavy atom. The molecule has 2 amide bonds. The zero-order valence-electron chi connectivity index (χ0n) is 14.0. The van der Waals surface area contributed by atoms with Gasteiger partial charge in [0.2, 0.25) is 0 Å². The van der Waals surface area contributed by atoms with Crippen LogP contribution in [0.2, 0.25) is 0 Å². The minimum absolute atomic E-state index is 0.404. The van der Waals surface area contributed by atoms with Crippen LogP contribution in [0.25, 0.3) is 0 Å². The normalized spacial score (nSPS) is 10.5. The summed E-state index contributed by atoms with van der Waals surface area (Å²) in [4.78, 5) is 11.8. The second kappa shape index (κ2) is 8.57. The summed E-state index contributed by atoms with van der Waals surface area (Å²) >= 11 is 0. The number of ether oxygens (including phenoxy) is 2. The van der Waals surface area contributed by atoms with Crippen molar-refractivity contribution in [1.29, 1.82) is 0 Å². The zero-order chi connectivity index (χ0) is 17.4. The van der Waals surface area contributed by atoms with E-state index in [0.29, 0.717) is 18.1 Å². The van der Waals surface area contributed by atoms with E-state index in [0.717, 1.165) is 16.8 Å². The van der Waals surface area contributed by atoms with Crippen LogP contribution in [0.4, 0.5) is 10.5 Å². The summed E-state index contributed by atoms with van der Waals surface area (Å²) in [5.74, 6) is 1.28. The lowest BCUT2D eigenvalue weighted by Crippen LogP contribution is -2.24. The quantitative estimate of drug-likeness (QED) is 0.629. The Balaban J connectivity index is 1.96. The summed E-state index contributed by atoms with van der Waals surface area (Å²) < 4.78 is 10.7. The van der Waals surface area contributed by atoms with Crippen LogP contribution in [0.3, 0.4) is 0 Å². The number of amides is 2. The third kappa shape index (κ3) is 4.74. The largest absolute Gasteiger partial charge is 0.493 e. The first-order chi connectivity index (χ1) is 11.6. The van der Waals surface area contributed by atoms with Gasteiger partial charge in [-0.15, -0.1) is 0 Å². The SMILES string of the molecule is CCOc1ccc(C=NNC(=O)Nc2ccccc2C)cc1OC. The predicted octanol–water partition coefficient (Wildman–Crippen LogP) is 3.56. The molecule has 2 N–H and O–H groups in total. The highest BCUT2D eigenvalue weighted by molar-refractivity contribution is 5.91. The molecule has 0 fully saturated rings. The Labute approximate surface area is 141 Å². The van der Waals surface area contributed by atoms with Crippen LogP contribution in [0, 0.1) is 6.92 Å². The number of carbonyl (C=O) groups is 1. The standard InChI is InChI=1S/C18H21N3O3/c1-4-24-16-10-9-14(11-17(16)23-3)12-19-21-18(22)20-15-8-6-5-7-13(15)2/h5-12H,4H2,1-3H3,(H2,20,21,22). The fraction of sp³-hybridized carbons (Fsp3) is 0.222. The van der Waals surface area contributed by atoms with Crippen LogP contribution < -0.4 is 20.2 Å². The molecular weight excluding hydrogens is 306 g/mol. The number of nitrogens with zero attached hydrogens (tertiary/aromatic N) is 1. The van der Waals surface area contributed by atoms with Crippen LogP contribution in [-0.4, -0.2) is 26.0 Å². The summed E-state index contributed by atoms with van der Waals surface area (Å²) in [5, 5.41) is 6.67. The van der Waals surface area contributed by atoms with Crippen LogP contribution in [-0.2, 0) is 0 Å². The van der Waals surface area contributed by atoms with Crippen molar-refractivity contribution in [1.82, 2.24) is 5.43 Å². The van der Waals surface area contributed by atoms with E-state index in [1.165, 1.54) is 6.21 Å². The number of urea groups is 1. The number of rotatable bonds is 6. The zero-order valence-corrected chi connectivity index (χ0v) is 14.0. The first-order valence-electron chi connectivity index (χ1n) is 7.60. The molecule has 0 saturated heterocycles. The van der Waals surface area contributed by atoms with Crippen LogP contribution >= 0.6 is 0 Å². The maximum Gasteiger partial charge on any atom is 0.339 e. The van der Waals surface area contributed by atoms with E-state index in [1.807, 2.05) is 44.2 Å². The van der Waals surface area contributed by atoms with Gasteiger partial charge in [-0.1, -0.05) is 18.2 Å². The van der Waals surface area contributed by atoms with Crippen molar-refractivity contribution in [2.75, 3.05) is 19.0 Å². The van der Waals surface area contributed by atoms with Crippen molar-refractivity contribution in [3.63, 3.8) is 0 Å². The fourth-order valence-corrected chi connectivity index (χ4v) is 2.07. The van der Waals surface area contributed by atoms with Crippen molar-refractivity contribution < 1.29 is 14.3 Å². The molecule has 0 bridgehead atoms. The first-order valence-corrected chi connectivity index (χ1v) is 7.60. The lowest BCUT2D eigenvalue weighted by atomic mass is 10.2. The lowest BCUT2D eigenvalue weighted by Gasteiger charge is -2.09. The topological polar surface area (TPSA) is 72.0 Å². The lowest BCUT2D eigenvalue weighted by molar-refractivity contribution is 0.252. The minimum Gasteiger partial charge on any atom is -0.493 e. The molecule has 2 aromatic carbocycles. The predicted molar refractivity (Wildman–Crippen MR) is 95.1 cm³/mol. The average Bonchev–Trinajstić information content (AvgIpc) is 2.58. The molecule has 2 aromatic rings. The van der Waals surface area contributed by atoms with Gasteiger partial charge in [0, 0.05) is 5.69 Å². The Bertz CT molecular complexity index is 729. The summed E-state index contributed by atoms with van der Waals surface area (Å²) in [6, 6.07) is 12.5. The number of hydrogen-bond acceptors (Lipinski definition) is 4. The van der Waals surface area contributed by atoms with Gasteiger partial charge in [0.1, 0.15) is 0 Å². The highest BCUT2D eigenvalue weighted by Gasteiger charge is 2.05. The molecule has 126 valence electrons. The molecule has 0 aliphatic heterocycles. The summed E-state index contributed by atoms with van der Waals surface area (Å²) in [5.41, 5.74) is 4.94. The Hall–Kier alpha value is -3.02. The molecular formula is C18H21N3O3. The molecule has 0 heterocycles. The maximum absolute atomic E-state index is 11.8. The molecule has 0 unspecified atom stereocenters. The van der Waals surface area contributed by atoms with Crippen molar-refractivity contribution in [2.24, 2.45) is 5.10 Å². The fourth-order valence-electron chi connectivity index (χ4n) is 2.07. The van der Waals surface area contributed by atoms with Crippen LogP contribution in [0.5, 0.6) is 11.5 Å². The van der Waals surface area contributed by atoms with Gasteiger partial charge >= 0.3 is 6.03 Å². The van der Waals surface area contributed by atoms with E-state index in [4.69, 9.17) is 9.47 Å².